The highest BCUT2D eigenvalue weighted by Gasteiger charge is 2.34. The maximum atomic E-state index is 13.5. The van der Waals surface area contributed by atoms with Gasteiger partial charge in [-0.3, -0.25) is 9.59 Å². The molecule has 1 aromatic heterocycles. The monoisotopic (exact) mass is 359 g/mol. The molecule has 5 nitrogen and oxygen atoms in total. The summed E-state index contributed by atoms with van der Waals surface area (Å²) in [7, 11) is 0. The van der Waals surface area contributed by atoms with E-state index in [1.807, 2.05) is 20.0 Å². The van der Waals surface area contributed by atoms with Gasteiger partial charge < -0.3 is 15.2 Å². The third-order valence-electron chi connectivity index (χ3n) is 5.30. The molecule has 0 bridgehead atoms. The van der Waals surface area contributed by atoms with Crippen LogP contribution in [0.3, 0.4) is 0 Å². The summed E-state index contributed by atoms with van der Waals surface area (Å²) in [6, 6.07) is 4.83. The molecule has 6 heteroatoms. The summed E-state index contributed by atoms with van der Waals surface area (Å²) >= 11 is 0. The minimum absolute atomic E-state index is 0.0146. The van der Waals surface area contributed by atoms with E-state index < -0.39 is 0 Å². The van der Waals surface area contributed by atoms with Gasteiger partial charge in [0.05, 0.1) is 5.92 Å². The maximum absolute atomic E-state index is 13.5. The van der Waals surface area contributed by atoms with E-state index in [2.05, 4.69) is 10.3 Å². The summed E-state index contributed by atoms with van der Waals surface area (Å²) in [5.74, 6) is -0.554. The van der Waals surface area contributed by atoms with Crippen LogP contribution in [-0.2, 0) is 16.0 Å². The quantitative estimate of drug-likeness (QED) is 0.798. The molecule has 140 valence electrons. The lowest BCUT2D eigenvalue weighted by Crippen LogP contribution is -2.39. The van der Waals surface area contributed by atoms with Crippen LogP contribution in [0.25, 0.3) is 10.9 Å². The zero-order valence-electron chi connectivity index (χ0n) is 15.3. The molecule has 2 amide bonds. The Bertz CT molecular complexity index is 797. The molecule has 0 unspecified atom stereocenters. The van der Waals surface area contributed by atoms with Crippen LogP contribution in [0.2, 0.25) is 0 Å². The van der Waals surface area contributed by atoms with Crippen molar-refractivity contribution in [3.63, 3.8) is 0 Å². The van der Waals surface area contributed by atoms with Crippen LogP contribution in [-0.4, -0.2) is 40.8 Å². The van der Waals surface area contributed by atoms with Crippen LogP contribution >= 0.6 is 0 Å². The Morgan fingerprint density at radius 3 is 2.88 bits per heavy atom. The molecular weight excluding hydrogens is 333 g/mol. The van der Waals surface area contributed by atoms with E-state index in [9.17, 15) is 14.0 Å². The molecule has 1 aliphatic heterocycles. The van der Waals surface area contributed by atoms with Gasteiger partial charge in [0.1, 0.15) is 5.82 Å². The highest BCUT2D eigenvalue weighted by Crippen LogP contribution is 2.22. The van der Waals surface area contributed by atoms with Gasteiger partial charge in [0.15, 0.2) is 0 Å². The molecular formula is C20H26FN3O2. The van der Waals surface area contributed by atoms with Crippen LogP contribution < -0.4 is 5.32 Å². The first kappa shape index (κ1) is 18.4. The van der Waals surface area contributed by atoms with Crippen LogP contribution in [0.1, 0.15) is 38.7 Å². The average Bonchev–Trinajstić information content (AvgIpc) is 3.20. The van der Waals surface area contributed by atoms with Crippen molar-refractivity contribution in [2.24, 2.45) is 5.92 Å². The molecule has 3 rings (SSSR count). The van der Waals surface area contributed by atoms with E-state index in [1.54, 1.807) is 11.0 Å². The number of amides is 2. The first-order chi connectivity index (χ1) is 12.5. The number of aromatic nitrogens is 1. The van der Waals surface area contributed by atoms with Crippen molar-refractivity contribution >= 4 is 22.7 Å². The number of carbonyl (C=O) groups excluding carboxylic acids is 2. The molecule has 2 N–H and O–H groups in total. The predicted molar refractivity (Wildman–Crippen MR) is 99.2 cm³/mol. The van der Waals surface area contributed by atoms with Gasteiger partial charge in [-0.2, -0.15) is 0 Å². The maximum Gasteiger partial charge on any atom is 0.225 e. The number of H-pyrrole nitrogens is 1. The number of fused-ring (bicyclic) bond motifs is 1. The van der Waals surface area contributed by atoms with Crippen LogP contribution in [0.4, 0.5) is 4.39 Å². The molecule has 1 aliphatic rings. The summed E-state index contributed by atoms with van der Waals surface area (Å²) in [4.78, 5) is 29.5. The fourth-order valence-electron chi connectivity index (χ4n) is 3.59. The van der Waals surface area contributed by atoms with Crippen molar-refractivity contribution in [1.29, 1.82) is 0 Å². The van der Waals surface area contributed by atoms with Crippen molar-refractivity contribution in [2.75, 3.05) is 13.1 Å². The SMILES string of the molecule is CCC(CC)NC(=O)[C@H]1CC(=O)N(CCc2c[nH]c3ccc(F)cc23)C1. The summed E-state index contributed by atoms with van der Waals surface area (Å²) in [5.41, 5.74) is 1.87. The smallest absolute Gasteiger partial charge is 0.225 e. The minimum atomic E-state index is -0.275. The van der Waals surface area contributed by atoms with Gasteiger partial charge in [-0.1, -0.05) is 13.8 Å². The molecule has 0 aliphatic carbocycles. The number of hydrogen-bond donors (Lipinski definition) is 2. The fraction of sp³-hybridized carbons (Fsp3) is 0.500. The van der Waals surface area contributed by atoms with Gasteiger partial charge in [0.25, 0.3) is 0 Å². The normalized spacial score (nSPS) is 17.5. The van der Waals surface area contributed by atoms with Crippen LogP contribution in [0, 0.1) is 11.7 Å². The Hall–Kier alpha value is -2.37. The number of halogens is 1. The van der Waals surface area contributed by atoms with Gasteiger partial charge in [-0.15, -0.1) is 0 Å². The third kappa shape index (κ3) is 3.89. The highest BCUT2D eigenvalue weighted by molar-refractivity contribution is 5.89. The molecule has 0 saturated carbocycles. The van der Waals surface area contributed by atoms with Crippen molar-refractivity contribution in [3.8, 4) is 0 Å². The molecule has 0 radical (unpaired) electrons. The second-order valence-electron chi connectivity index (χ2n) is 7.02. The first-order valence-corrected chi connectivity index (χ1v) is 9.35. The van der Waals surface area contributed by atoms with Gasteiger partial charge >= 0.3 is 0 Å². The molecule has 2 aromatic rings. The average molecular weight is 359 g/mol. The summed E-state index contributed by atoms with van der Waals surface area (Å²) < 4.78 is 13.5. The van der Waals surface area contributed by atoms with Gasteiger partial charge in [-0.25, -0.2) is 4.39 Å². The standard InChI is InChI=1S/C20H26FN3O2/c1-3-16(4-2)23-20(26)14-9-19(25)24(12-14)8-7-13-11-22-18-6-5-15(21)10-17(13)18/h5-6,10-11,14,16,22H,3-4,7-9,12H2,1-2H3,(H,23,26)/t14-/m0/s1. The number of carbonyl (C=O) groups is 2. The number of rotatable bonds is 7. The number of aromatic amines is 1. The molecule has 0 spiro atoms. The number of nitrogens with one attached hydrogen (secondary N) is 2. The fourth-order valence-corrected chi connectivity index (χ4v) is 3.59. The Morgan fingerprint density at radius 2 is 2.15 bits per heavy atom. The molecule has 26 heavy (non-hydrogen) atoms. The Balaban J connectivity index is 1.59. The zero-order valence-corrected chi connectivity index (χ0v) is 15.3. The van der Waals surface area contributed by atoms with Crippen LogP contribution in [0.5, 0.6) is 0 Å². The van der Waals surface area contributed by atoms with Gasteiger partial charge in [0.2, 0.25) is 11.8 Å². The van der Waals surface area contributed by atoms with Crippen molar-refractivity contribution < 1.29 is 14.0 Å². The van der Waals surface area contributed by atoms with Gasteiger partial charge in [-0.05, 0) is 43.0 Å². The van der Waals surface area contributed by atoms with Crippen molar-refractivity contribution in [2.45, 2.75) is 45.6 Å². The Morgan fingerprint density at radius 1 is 1.38 bits per heavy atom. The van der Waals surface area contributed by atoms with E-state index in [-0.39, 0.29) is 36.0 Å². The predicted octanol–water partition coefficient (Wildman–Crippen LogP) is 3.00. The topological polar surface area (TPSA) is 65.2 Å². The summed E-state index contributed by atoms with van der Waals surface area (Å²) in [6.07, 6.45) is 4.56. The number of hydrogen-bond acceptors (Lipinski definition) is 2. The first-order valence-electron chi connectivity index (χ1n) is 9.35. The largest absolute Gasteiger partial charge is 0.361 e. The van der Waals surface area contributed by atoms with E-state index in [1.165, 1.54) is 12.1 Å². The zero-order chi connectivity index (χ0) is 18.7. The number of likely N-dealkylation sites (tertiary alicyclic amines) is 1. The van der Waals surface area contributed by atoms with Crippen LogP contribution in [0.15, 0.2) is 24.4 Å². The van der Waals surface area contributed by atoms with Crippen molar-refractivity contribution in [3.05, 3.63) is 35.8 Å². The highest BCUT2D eigenvalue weighted by atomic mass is 19.1. The summed E-state index contributed by atoms with van der Waals surface area (Å²) in [5, 5.41) is 3.88. The van der Waals surface area contributed by atoms with E-state index in [0.717, 1.165) is 29.3 Å². The Labute approximate surface area is 152 Å². The second-order valence-corrected chi connectivity index (χ2v) is 7.02. The molecule has 1 aromatic carbocycles. The lowest BCUT2D eigenvalue weighted by Gasteiger charge is -2.19. The minimum Gasteiger partial charge on any atom is -0.361 e. The second kappa shape index (κ2) is 7.89. The third-order valence-corrected chi connectivity index (χ3v) is 5.30. The molecule has 1 saturated heterocycles. The van der Waals surface area contributed by atoms with E-state index in [0.29, 0.717) is 19.5 Å². The molecule has 1 fully saturated rings. The lowest BCUT2D eigenvalue weighted by molar-refractivity contribution is -0.129. The Kier molecular flexibility index (Phi) is 5.59. The van der Waals surface area contributed by atoms with E-state index in [4.69, 9.17) is 0 Å². The van der Waals surface area contributed by atoms with Gasteiger partial charge in [0, 0.05) is 42.7 Å². The lowest BCUT2D eigenvalue weighted by atomic mass is 10.1. The van der Waals surface area contributed by atoms with Crippen molar-refractivity contribution in [1.82, 2.24) is 15.2 Å². The molecule has 2 heterocycles. The van der Waals surface area contributed by atoms with E-state index >= 15 is 0 Å². The molecule has 1 atom stereocenters. The number of nitrogens with zero attached hydrogens (tertiary/aromatic N) is 1. The summed E-state index contributed by atoms with van der Waals surface area (Å²) in [6.45, 7) is 5.09. The number of benzene rings is 1.